The highest BCUT2D eigenvalue weighted by molar-refractivity contribution is 6.18. The number of benzene rings is 2. The molecule has 2 aromatic rings. The molecule has 1 N–H and O–H groups in total. The molecule has 0 spiro atoms. The van der Waals surface area contributed by atoms with E-state index in [0.717, 1.165) is 11.1 Å². The Labute approximate surface area is 185 Å². The number of rotatable bonds is 8. The first-order valence-electron chi connectivity index (χ1n) is 9.80. The second kappa shape index (κ2) is 9.69. The molecule has 32 heavy (non-hydrogen) atoms. The monoisotopic (exact) mass is 437 g/mol. The molecule has 8 heteroatoms. The molecule has 2 aromatic carbocycles. The Bertz CT molecular complexity index is 1060. The van der Waals surface area contributed by atoms with Gasteiger partial charge in [-0.3, -0.25) is 9.59 Å². The van der Waals surface area contributed by atoms with Gasteiger partial charge in [0, 0.05) is 17.2 Å². The predicted molar refractivity (Wildman–Crippen MR) is 114 cm³/mol. The van der Waals surface area contributed by atoms with Gasteiger partial charge >= 0.3 is 5.97 Å². The van der Waals surface area contributed by atoms with E-state index in [1.807, 2.05) is 0 Å². The summed E-state index contributed by atoms with van der Waals surface area (Å²) in [6.45, 7) is 2.96. The van der Waals surface area contributed by atoms with Gasteiger partial charge in [0.2, 0.25) is 11.5 Å². The van der Waals surface area contributed by atoms with Gasteiger partial charge in [0.25, 0.3) is 0 Å². The topological polar surface area (TPSA) is 102 Å². The van der Waals surface area contributed by atoms with Crippen LogP contribution in [0.15, 0.2) is 84.1 Å². The quantitative estimate of drug-likeness (QED) is 0.220. The zero-order valence-corrected chi connectivity index (χ0v) is 17.8. The molecule has 166 valence electrons. The highest BCUT2D eigenvalue weighted by atomic mass is 17.1. The fourth-order valence-corrected chi connectivity index (χ4v) is 3.22. The van der Waals surface area contributed by atoms with Crippen molar-refractivity contribution in [2.75, 3.05) is 7.11 Å². The van der Waals surface area contributed by atoms with Crippen LogP contribution in [0.1, 0.15) is 34.6 Å². The van der Waals surface area contributed by atoms with Crippen molar-refractivity contribution in [1.82, 2.24) is 5.06 Å². The van der Waals surface area contributed by atoms with Crippen LogP contribution < -0.4 is 0 Å². The first-order valence-corrected chi connectivity index (χ1v) is 9.80. The Morgan fingerprint density at radius 2 is 1.50 bits per heavy atom. The van der Waals surface area contributed by atoms with Crippen LogP contribution in [-0.4, -0.2) is 46.7 Å². The van der Waals surface area contributed by atoms with E-state index in [0.29, 0.717) is 11.1 Å². The average molecular weight is 437 g/mol. The molecule has 8 nitrogen and oxygen atoms in total. The molecule has 1 unspecified atom stereocenters. The molecule has 0 bridgehead atoms. The van der Waals surface area contributed by atoms with Gasteiger partial charge in [0.15, 0.2) is 11.5 Å². The lowest BCUT2D eigenvalue weighted by molar-refractivity contribution is -0.400. The number of allylic oxidation sites excluding steroid dienone is 1. The lowest BCUT2D eigenvalue weighted by Gasteiger charge is -2.34. The van der Waals surface area contributed by atoms with Crippen LogP contribution >= 0.6 is 0 Å². The molecule has 0 fully saturated rings. The van der Waals surface area contributed by atoms with Crippen molar-refractivity contribution in [3.8, 4) is 0 Å². The number of nitrogens with zero attached hydrogens (tertiary/aromatic N) is 1. The largest absolute Gasteiger partial charge is 0.466 e. The fourth-order valence-electron chi connectivity index (χ4n) is 3.22. The zero-order chi connectivity index (χ0) is 23.3. The summed E-state index contributed by atoms with van der Waals surface area (Å²) in [5.41, 5.74) is -0.853. The summed E-state index contributed by atoms with van der Waals surface area (Å²) in [4.78, 5) is 49.0. The van der Waals surface area contributed by atoms with Gasteiger partial charge in [-0.2, -0.15) is 0 Å². The molecule has 0 aromatic heterocycles. The predicted octanol–water partition coefficient (Wildman–Crippen LogP) is 3.58. The Kier molecular flexibility index (Phi) is 6.99. The van der Waals surface area contributed by atoms with Crippen LogP contribution in [-0.2, 0) is 19.3 Å². The number of ketones is 2. The summed E-state index contributed by atoms with van der Waals surface area (Å²) in [6, 6.07) is 15.7. The summed E-state index contributed by atoms with van der Waals surface area (Å²) < 4.78 is 4.65. The number of carbonyl (C=O) groups is 3. The number of carbonyl (C=O) groups excluding carboxylic acids is 3. The normalized spacial score (nSPS) is 16.8. The van der Waals surface area contributed by atoms with Crippen molar-refractivity contribution in [2.45, 2.75) is 25.6 Å². The number of hydroxylamine groups is 2. The smallest absolute Gasteiger partial charge is 0.330 e. The molecule has 0 radical (unpaired) electrons. The maximum Gasteiger partial charge on any atom is 0.330 e. The molecule has 1 aliphatic heterocycles. The number of hydrogen-bond donors (Lipinski definition) is 1. The van der Waals surface area contributed by atoms with Crippen molar-refractivity contribution < 1.29 is 34.1 Å². The third kappa shape index (κ3) is 4.67. The fraction of sp³-hybridized carbons (Fsp3) is 0.208. The van der Waals surface area contributed by atoms with E-state index < -0.39 is 29.3 Å². The van der Waals surface area contributed by atoms with Crippen molar-refractivity contribution in [1.29, 1.82) is 0 Å². The molecule has 1 atom stereocenters. The molecular weight excluding hydrogens is 414 g/mol. The highest BCUT2D eigenvalue weighted by Gasteiger charge is 2.48. The van der Waals surface area contributed by atoms with E-state index in [4.69, 9.17) is 4.84 Å². The lowest BCUT2D eigenvalue weighted by Crippen LogP contribution is -2.48. The first kappa shape index (κ1) is 23.1. The van der Waals surface area contributed by atoms with Crippen LogP contribution in [0.25, 0.3) is 0 Å². The molecule has 1 aliphatic rings. The zero-order valence-electron chi connectivity index (χ0n) is 17.8. The standard InChI is InChI=1S/C24H23NO7/c1-24(2,32-29)25-18(14-15-19(26)30-3)20(21(27)16-10-6-4-7-11-16)23(31-25)22(28)17-12-8-5-9-13-17/h4-15,18,29H,1-3H3/b15-14+. The third-order valence-corrected chi connectivity index (χ3v) is 4.88. The molecule has 0 amide bonds. The Balaban J connectivity index is 2.19. The number of hydrogen-bond acceptors (Lipinski definition) is 8. The average Bonchev–Trinajstić information content (AvgIpc) is 3.22. The van der Waals surface area contributed by atoms with E-state index in [-0.39, 0.29) is 11.3 Å². The Morgan fingerprint density at radius 3 is 2.00 bits per heavy atom. The molecule has 0 aliphatic carbocycles. The number of esters is 1. The van der Waals surface area contributed by atoms with E-state index >= 15 is 0 Å². The summed E-state index contributed by atoms with van der Waals surface area (Å²) in [5, 5.41) is 10.6. The van der Waals surface area contributed by atoms with E-state index in [1.54, 1.807) is 60.7 Å². The molecular formula is C24H23NO7. The van der Waals surface area contributed by atoms with Gasteiger partial charge in [0.1, 0.15) is 6.04 Å². The van der Waals surface area contributed by atoms with E-state index in [1.165, 1.54) is 27.0 Å². The minimum Gasteiger partial charge on any atom is -0.466 e. The van der Waals surface area contributed by atoms with Crippen molar-refractivity contribution in [3.63, 3.8) is 0 Å². The minimum absolute atomic E-state index is 0.00432. The second-order valence-electron chi connectivity index (χ2n) is 7.42. The molecule has 0 saturated heterocycles. The van der Waals surface area contributed by atoms with Gasteiger partial charge in [-0.05, 0) is 13.8 Å². The SMILES string of the molecule is COC(=O)/C=C/C1C(C(=O)c2ccccc2)=C(C(=O)c2ccccc2)ON1C(C)(C)OO. The van der Waals surface area contributed by atoms with Gasteiger partial charge in [-0.1, -0.05) is 71.8 Å². The molecule has 3 rings (SSSR count). The van der Waals surface area contributed by atoms with Gasteiger partial charge in [-0.15, -0.1) is 0 Å². The third-order valence-electron chi connectivity index (χ3n) is 4.88. The maximum atomic E-state index is 13.5. The van der Waals surface area contributed by atoms with Crippen LogP contribution in [0.5, 0.6) is 0 Å². The van der Waals surface area contributed by atoms with E-state index in [2.05, 4.69) is 9.62 Å². The highest BCUT2D eigenvalue weighted by Crippen LogP contribution is 2.37. The van der Waals surface area contributed by atoms with Crippen LogP contribution in [0.2, 0.25) is 0 Å². The van der Waals surface area contributed by atoms with Crippen molar-refractivity contribution in [2.24, 2.45) is 0 Å². The lowest BCUT2D eigenvalue weighted by atomic mass is 9.93. The van der Waals surface area contributed by atoms with Gasteiger partial charge in [-0.25, -0.2) is 14.9 Å². The Hall–Kier alpha value is -3.59. The summed E-state index contributed by atoms with van der Waals surface area (Å²) in [5.74, 6) is -1.89. The summed E-state index contributed by atoms with van der Waals surface area (Å²) in [6.07, 6.45) is 2.47. The number of methoxy groups -OCH3 is 1. The summed E-state index contributed by atoms with van der Waals surface area (Å²) in [7, 11) is 1.21. The minimum atomic E-state index is -1.48. The van der Waals surface area contributed by atoms with Crippen LogP contribution in [0, 0.1) is 0 Å². The number of Topliss-reactive ketones (excluding diaryl/α,β-unsaturated/α-hetero) is 2. The Morgan fingerprint density at radius 1 is 0.969 bits per heavy atom. The van der Waals surface area contributed by atoms with Crippen molar-refractivity contribution >= 4 is 17.5 Å². The first-order chi connectivity index (χ1) is 15.3. The van der Waals surface area contributed by atoms with Gasteiger partial charge in [0.05, 0.1) is 12.7 Å². The second-order valence-corrected chi connectivity index (χ2v) is 7.42. The van der Waals surface area contributed by atoms with Crippen molar-refractivity contribution in [3.05, 3.63) is 95.3 Å². The maximum absolute atomic E-state index is 13.5. The molecule has 1 heterocycles. The van der Waals surface area contributed by atoms with Gasteiger partial charge < -0.3 is 9.57 Å². The van der Waals surface area contributed by atoms with Crippen LogP contribution in [0.4, 0.5) is 0 Å². The van der Waals surface area contributed by atoms with E-state index in [9.17, 15) is 19.6 Å². The number of ether oxygens (including phenoxy) is 1. The molecule has 0 saturated carbocycles. The summed E-state index contributed by atoms with van der Waals surface area (Å²) >= 11 is 0. The van der Waals surface area contributed by atoms with Crippen LogP contribution in [0.3, 0.4) is 0 Å².